The summed E-state index contributed by atoms with van der Waals surface area (Å²) in [5, 5.41) is 0. The Hall–Kier alpha value is -0.850. The van der Waals surface area contributed by atoms with Gasteiger partial charge in [0.15, 0.2) is 5.78 Å². The maximum Gasteiger partial charge on any atom is 0.181 e. The lowest BCUT2D eigenvalue weighted by Gasteiger charge is -2.34. The summed E-state index contributed by atoms with van der Waals surface area (Å²) >= 11 is 0. The van der Waals surface area contributed by atoms with Crippen LogP contribution in [0.3, 0.4) is 0 Å². The first-order valence-corrected chi connectivity index (χ1v) is 4.41. The Balaban J connectivity index is 3.03. The van der Waals surface area contributed by atoms with Crippen LogP contribution in [0.15, 0.2) is 24.3 Å². The smallest absolute Gasteiger partial charge is 0.181 e. The van der Waals surface area contributed by atoms with Crippen molar-refractivity contribution in [2.24, 2.45) is 11.3 Å². The molecule has 0 fully saturated rings. The van der Waals surface area contributed by atoms with Crippen LogP contribution >= 0.6 is 0 Å². The molecule has 0 amide bonds. The van der Waals surface area contributed by atoms with Gasteiger partial charge in [-0.05, 0) is 29.4 Å². The average molecular weight is 164 g/mol. The SMILES string of the molecule is C=C1C(=O)C=CC(C)(C)C1CC. The molecule has 1 rings (SSSR count). The summed E-state index contributed by atoms with van der Waals surface area (Å²) in [5.41, 5.74) is 0.865. The second kappa shape index (κ2) is 2.89. The van der Waals surface area contributed by atoms with Gasteiger partial charge < -0.3 is 0 Å². The van der Waals surface area contributed by atoms with E-state index < -0.39 is 0 Å². The Labute approximate surface area is 74.2 Å². The summed E-state index contributed by atoms with van der Waals surface area (Å²) in [7, 11) is 0. The minimum absolute atomic E-state index is 0.0970. The molecule has 1 heteroatoms. The van der Waals surface area contributed by atoms with E-state index in [0.29, 0.717) is 5.92 Å². The van der Waals surface area contributed by atoms with Crippen LogP contribution in [0.1, 0.15) is 27.2 Å². The van der Waals surface area contributed by atoms with Gasteiger partial charge in [0.05, 0.1) is 0 Å². The molecule has 0 aromatic heterocycles. The highest BCUT2D eigenvalue weighted by Crippen LogP contribution is 2.39. The fraction of sp³-hybridized carbons (Fsp3) is 0.545. The molecule has 0 N–H and O–H groups in total. The first kappa shape index (κ1) is 9.24. The van der Waals surface area contributed by atoms with Crippen LogP contribution < -0.4 is 0 Å². The molecule has 0 aromatic carbocycles. The lowest BCUT2D eigenvalue weighted by atomic mass is 9.69. The number of hydrogen-bond acceptors (Lipinski definition) is 1. The predicted molar refractivity (Wildman–Crippen MR) is 50.8 cm³/mol. The number of carbonyl (C=O) groups excluding carboxylic acids is 1. The molecule has 1 aliphatic rings. The van der Waals surface area contributed by atoms with Crippen LogP contribution in [0, 0.1) is 11.3 Å². The van der Waals surface area contributed by atoms with Crippen LogP contribution in [0.5, 0.6) is 0 Å². The fourth-order valence-corrected chi connectivity index (χ4v) is 1.91. The van der Waals surface area contributed by atoms with Crippen LogP contribution in [0.25, 0.3) is 0 Å². The molecule has 1 nitrogen and oxygen atoms in total. The summed E-state index contributed by atoms with van der Waals surface area (Å²) < 4.78 is 0. The number of rotatable bonds is 1. The molecular formula is C11H16O. The summed E-state index contributed by atoms with van der Waals surface area (Å²) in [6, 6.07) is 0. The van der Waals surface area contributed by atoms with Crippen molar-refractivity contribution in [3.8, 4) is 0 Å². The summed E-state index contributed by atoms with van der Waals surface area (Å²) in [4.78, 5) is 11.3. The average Bonchev–Trinajstić information content (AvgIpc) is 1.99. The number of carbonyl (C=O) groups is 1. The number of ketones is 1. The molecule has 12 heavy (non-hydrogen) atoms. The van der Waals surface area contributed by atoms with Crippen molar-refractivity contribution in [1.82, 2.24) is 0 Å². The van der Waals surface area contributed by atoms with E-state index in [1.165, 1.54) is 0 Å². The van der Waals surface area contributed by atoms with E-state index in [0.717, 1.165) is 12.0 Å². The van der Waals surface area contributed by atoms with E-state index in [9.17, 15) is 4.79 Å². The van der Waals surface area contributed by atoms with E-state index in [4.69, 9.17) is 0 Å². The van der Waals surface area contributed by atoms with Crippen LogP contribution in [0.4, 0.5) is 0 Å². The maximum absolute atomic E-state index is 11.3. The topological polar surface area (TPSA) is 17.1 Å². The molecule has 1 aliphatic carbocycles. The summed E-state index contributed by atoms with van der Waals surface area (Å²) in [5.74, 6) is 0.413. The molecule has 1 atom stereocenters. The first-order chi connectivity index (χ1) is 5.49. The Morgan fingerprint density at radius 2 is 2.17 bits per heavy atom. The number of allylic oxidation sites excluding steroid dienone is 3. The molecule has 0 bridgehead atoms. The zero-order valence-corrected chi connectivity index (χ0v) is 8.05. The summed E-state index contributed by atoms with van der Waals surface area (Å²) in [6.07, 6.45) is 4.63. The minimum Gasteiger partial charge on any atom is -0.290 e. The van der Waals surface area contributed by atoms with Crippen molar-refractivity contribution in [2.75, 3.05) is 0 Å². The van der Waals surface area contributed by atoms with Crippen LogP contribution in [-0.4, -0.2) is 5.78 Å². The third kappa shape index (κ3) is 1.36. The normalized spacial score (nSPS) is 27.8. The van der Waals surface area contributed by atoms with Gasteiger partial charge in [0.1, 0.15) is 0 Å². The lowest BCUT2D eigenvalue weighted by Crippen LogP contribution is -2.29. The minimum atomic E-state index is 0.0970. The van der Waals surface area contributed by atoms with E-state index >= 15 is 0 Å². The predicted octanol–water partition coefficient (Wildman–Crippen LogP) is 2.73. The molecule has 0 radical (unpaired) electrons. The van der Waals surface area contributed by atoms with Crippen molar-refractivity contribution in [2.45, 2.75) is 27.2 Å². The Kier molecular flexibility index (Phi) is 2.22. The molecule has 0 spiro atoms. The quantitative estimate of drug-likeness (QED) is 0.544. The van der Waals surface area contributed by atoms with Crippen molar-refractivity contribution < 1.29 is 4.79 Å². The Morgan fingerprint density at radius 1 is 1.58 bits per heavy atom. The van der Waals surface area contributed by atoms with Gasteiger partial charge in [-0.25, -0.2) is 0 Å². The molecule has 66 valence electrons. The van der Waals surface area contributed by atoms with E-state index in [-0.39, 0.29) is 11.2 Å². The van der Waals surface area contributed by atoms with Gasteiger partial charge in [0.25, 0.3) is 0 Å². The monoisotopic (exact) mass is 164 g/mol. The largest absolute Gasteiger partial charge is 0.290 e. The van der Waals surface area contributed by atoms with E-state index in [2.05, 4.69) is 27.4 Å². The van der Waals surface area contributed by atoms with Crippen molar-refractivity contribution in [1.29, 1.82) is 0 Å². The second-order valence-electron chi connectivity index (χ2n) is 4.01. The van der Waals surface area contributed by atoms with Crippen LogP contribution in [0.2, 0.25) is 0 Å². The number of hydrogen-bond donors (Lipinski definition) is 0. The molecule has 0 heterocycles. The molecular weight excluding hydrogens is 148 g/mol. The fourth-order valence-electron chi connectivity index (χ4n) is 1.91. The Bertz CT molecular complexity index is 246. The van der Waals surface area contributed by atoms with Gasteiger partial charge in [0.2, 0.25) is 0 Å². The van der Waals surface area contributed by atoms with Crippen molar-refractivity contribution in [3.63, 3.8) is 0 Å². The molecule has 0 saturated carbocycles. The highest BCUT2D eigenvalue weighted by Gasteiger charge is 2.33. The lowest BCUT2D eigenvalue weighted by molar-refractivity contribution is -0.112. The third-order valence-electron chi connectivity index (χ3n) is 2.71. The molecule has 0 saturated heterocycles. The molecule has 0 aliphatic heterocycles. The van der Waals surface area contributed by atoms with Gasteiger partial charge in [-0.3, -0.25) is 4.79 Å². The van der Waals surface area contributed by atoms with Crippen molar-refractivity contribution >= 4 is 5.78 Å². The third-order valence-corrected chi connectivity index (χ3v) is 2.71. The van der Waals surface area contributed by atoms with Gasteiger partial charge >= 0.3 is 0 Å². The zero-order chi connectivity index (χ0) is 9.35. The second-order valence-corrected chi connectivity index (χ2v) is 4.01. The van der Waals surface area contributed by atoms with Gasteiger partial charge in [-0.1, -0.05) is 33.4 Å². The van der Waals surface area contributed by atoms with Crippen LogP contribution in [-0.2, 0) is 4.79 Å². The van der Waals surface area contributed by atoms with Gasteiger partial charge in [-0.2, -0.15) is 0 Å². The zero-order valence-electron chi connectivity index (χ0n) is 8.05. The van der Waals surface area contributed by atoms with Crippen molar-refractivity contribution in [3.05, 3.63) is 24.3 Å². The van der Waals surface area contributed by atoms with Gasteiger partial charge in [0, 0.05) is 0 Å². The highest BCUT2D eigenvalue weighted by atomic mass is 16.1. The standard InChI is InChI=1S/C11H16O/c1-5-9-8(2)10(12)6-7-11(9,3)4/h6-7,9H,2,5H2,1,3-4H3. The van der Waals surface area contributed by atoms with E-state index in [1.807, 2.05) is 6.08 Å². The van der Waals surface area contributed by atoms with E-state index in [1.54, 1.807) is 6.08 Å². The molecule has 1 unspecified atom stereocenters. The van der Waals surface area contributed by atoms with Gasteiger partial charge in [-0.15, -0.1) is 0 Å². The Morgan fingerprint density at radius 3 is 2.58 bits per heavy atom. The highest BCUT2D eigenvalue weighted by molar-refractivity contribution is 6.05. The first-order valence-electron chi connectivity index (χ1n) is 4.41. The molecule has 0 aromatic rings. The summed E-state index contributed by atoms with van der Waals surface area (Å²) in [6.45, 7) is 10.2. The maximum atomic E-state index is 11.3.